The third-order valence-corrected chi connectivity index (χ3v) is 4.50. The third-order valence-electron chi connectivity index (χ3n) is 3.62. The first-order valence-electron chi connectivity index (χ1n) is 7.70. The first-order chi connectivity index (χ1) is 12.1. The van der Waals surface area contributed by atoms with Crippen LogP contribution < -0.4 is 14.8 Å². The molecule has 7 heteroatoms. The number of aromatic nitrogens is 2. The van der Waals surface area contributed by atoms with Gasteiger partial charge in [-0.1, -0.05) is 17.8 Å². The zero-order chi connectivity index (χ0) is 17.8. The van der Waals surface area contributed by atoms with E-state index in [1.807, 2.05) is 25.1 Å². The van der Waals surface area contributed by atoms with Crippen molar-refractivity contribution in [3.63, 3.8) is 0 Å². The molecule has 0 spiro atoms. The predicted molar refractivity (Wildman–Crippen MR) is 99.7 cm³/mol. The van der Waals surface area contributed by atoms with Crippen LogP contribution in [0.3, 0.4) is 0 Å². The van der Waals surface area contributed by atoms with Crippen LogP contribution in [0.4, 0.5) is 5.69 Å². The van der Waals surface area contributed by atoms with Crippen LogP contribution in [0.25, 0.3) is 11.0 Å². The molecule has 1 heterocycles. The molecule has 0 aliphatic heterocycles. The fraction of sp³-hybridized carbons (Fsp3) is 0.222. The number of hydrogen-bond donors (Lipinski definition) is 2. The lowest BCUT2D eigenvalue weighted by atomic mass is 10.2. The van der Waals surface area contributed by atoms with Gasteiger partial charge in [-0.2, -0.15) is 0 Å². The first-order valence-corrected chi connectivity index (χ1v) is 8.68. The van der Waals surface area contributed by atoms with Crippen LogP contribution in [-0.4, -0.2) is 35.8 Å². The van der Waals surface area contributed by atoms with Gasteiger partial charge in [-0.25, -0.2) is 4.98 Å². The average molecular weight is 357 g/mol. The van der Waals surface area contributed by atoms with E-state index >= 15 is 0 Å². The molecule has 0 saturated carbocycles. The van der Waals surface area contributed by atoms with Gasteiger partial charge in [-0.3, -0.25) is 4.79 Å². The molecule has 0 unspecified atom stereocenters. The van der Waals surface area contributed by atoms with Gasteiger partial charge < -0.3 is 19.8 Å². The molecule has 1 aromatic heterocycles. The molecule has 2 aromatic carbocycles. The molecule has 25 heavy (non-hydrogen) atoms. The first kappa shape index (κ1) is 17.2. The Morgan fingerprint density at radius 2 is 1.96 bits per heavy atom. The highest BCUT2D eigenvalue weighted by Crippen LogP contribution is 2.30. The molecule has 6 nitrogen and oxygen atoms in total. The number of methoxy groups -OCH3 is 2. The van der Waals surface area contributed by atoms with E-state index in [0.29, 0.717) is 17.2 Å². The maximum Gasteiger partial charge on any atom is 0.234 e. The van der Waals surface area contributed by atoms with Crippen molar-refractivity contribution in [2.24, 2.45) is 0 Å². The van der Waals surface area contributed by atoms with Crippen LogP contribution in [0, 0.1) is 6.92 Å². The largest absolute Gasteiger partial charge is 0.493 e. The smallest absolute Gasteiger partial charge is 0.234 e. The lowest BCUT2D eigenvalue weighted by Gasteiger charge is -2.10. The summed E-state index contributed by atoms with van der Waals surface area (Å²) < 4.78 is 10.4. The number of imidazole rings is 1. The van der Waals surface area contributed by atoms with E-state index in [4.69, 9.17) is 9.47 Å². The topological polar surface area (TPSA) is 76.2 Å². The molecule has 3 aromatic rings. The second-order valence-corrected chi connectivity index (χ2v) is 6.43. The van der Waals surface area contributed by atoms with Crippen LogP contribution in [-0.2, 0) is 4.79 Å². The summed E-state index contributed by atoms with van der Waals surface area (Å²) >= 11 is 1.36. The number of rotatable bonds is 6. The minimum atomic E-state index is -0.117. The van der Waals surface area contributed by atoms with Crippen molar-refractivity contribution >= 4 is 34.4 Å². The van der Waals surface area contributed by atoms with Crippen molar-refractivity contribution in [3.8, 4) is 11.5 Å². The Kier molecular flexibility index (Phi) is 5.14. The van der Waals surface area contributed by atoms with Crippen LogP contribution in [0.15, 0.2) is 41.6 Å². The summed E-state index contributed by atoms with van der Waals surface area (Å²) in [6.45, 7) is 2.03. The monoisotopic (exact) mass is 357 g/mol. The van der Waals surface area contributed by atoms with Crippen LogP contribution in [0.5, 0.6) is 11.5 Å². The zero-order valence-electron chi connectivity index (χ0n) is 14.3. The molecule has 0 atom stereocenters. The number of aryl methyl sites for hydroxylation is 1. The van der Waals surface area contributed by atoms with Gasteiger partial charge in [0, 0.05) is 11.8 Å². The van der Waals surface area contributed by atoms with Crippen molar-refractivity contribution in [1.29, 1.82) is 0 Å². The fourth-order valence-electron chi connectivity index (χ4n) is 2.41. The summed E-state index contributed by atoms with van der Waals surface area (Å²) in [7, 11) is 3.13. The number of benzene rings is 2. The maximum absolute atomic E-state index is 12.2. The standard InChI is InChI=1S/C18H19N3O3S/c1-11-4-6-13-14(8-11)21-18(20-13)25-10-17(22)19-12-5-7-15(23-2)16(9-12)24-3/h4-9H,10H2,1-3H3,(H,19,22)(H,20,21). The Balaban J connectivity index is 1.62. The van der Waals surface area contributed by atoms with Gasteiger partial charge in [0.25, 0.3) is 0 Å². The molecular weight excluding hydrogens is 338 g/mol. The van der Waals surface area contributed by atoms with Gasteiger partial charge in [0.15, 0.2) is 16.7 Å². The highest BCUT2D eigenvalue weighted by Gasteiger charge is 2.10. The van der Waals surface area contributed by atoms with E-state index in [-0.39, 0.29) is 11.7 Å². The number of ether oxygens (including phenoxy) is 2. The van der Waals surface area contributed by atoms with E-state index < -0.39 is 0 Å². The molecule has 1 amide bonds. The van der Waals surface area contributed by atoms with E-state index in [1.165, 1.54) is 17.3 Å². The molecule has 3 rings (SSSR count). The number of nitrogens with one attached hydrogen (secondary N) is 2. The number of nitrogens with zero attached hydrogens (tertiary/aromatic N) is 1. The highest BCUT2D eigenvalue weighted by molar-refractivity contribution is 7.99. The van der Waals surface area contributed by atoms with Crippen LogP contribution in [0.1, 0.15) is 5.56 Å². The van der Waals surface area contributed by atoms with Gasteiger partial charge in [0.1, 0.15) is 0 Å². The number of H-pyrrole nitrogens is 1. The molecule has 0 bridgehead atoms. The molecular formula is C18H19N3O3S. The highest BCUT2D eigenvalue weighted by atomic mass is 32.2. The normalized spacial score (nSPS) is 10.7. The van der Waals surface area contributed by atoms with E-state index in [9.17, 15) is 4.79 Å². The predicted octanol–water partition coefficient (Wildman–Crippen LogP) is 3.62. The Hall–Kier alpha value is -2.67. The van der Waals surface area contributed by atoms with Gasteiger partial charge in [0.05, 0.1) is 31.0 Å². The second kappa shape index (κ2) is 7.48. The quantitative estimate of drug-likeness (QED) is 0.659. The summed E-state index contributed by atoms with van der Waals surface area (Å²) in [6, 6.07) is 11.3. The Morgan fingerprint density at radius 3 is 2.72 bits per heavy atom. The summed E-state index contributed by atoms with van der Waals surface area (Å²) in [6.07, 6.45) is 0. The molecule has 2 N–H and O–H groups in total. The van der Waals surface area contributed by atoms with Gasteiger partial charge in [-0.05, 0) is 36.8 Å². The van der Waals surface area contributed by atoms with Crippen LogP contribution >= 0.6 is 11.8 Å². The molecule has 0 radical (unpaired) electrons. The lowest BCUT2D eigenvalue weighted by molar-refractivity contribution is -0.113. The average Bonchev–Trinajstić information content (AvgIpc) is 3.01. The SMILES string of the molecule is COc1ccc(NC(=O)CSc2nc3ccc(C)cc3[nH]2)cc1OC. The van der Waals surface area contributed by atoms with Crippen molar-refractivity contribution < 1.29 is 14.3 Å². The zero-order valence-corrected chi connectivity index (χ0v) is 15.1. The Bertz CT molecular complexity index is 908. The summed E-state index contributed by atoms with van der Waals surface area (Å²) in [5, 5.41) is 3.57. The number of carbonyl (C=O) groups is 1. The minimum absolute atomic E-state index is 0.117. The number of carbonyl (C=O) groups excluding carboxylic acids is 1. The fourth-order valence-corrected chi connectivity index (χ4v) is 3.10. The van der Waals surface area contributed by atoms with E-state index in [2.05, 4.69) is 15.3 Å². The lowest BCUT2D eigenvalue weighted by Crippen LogP contribution is -2.14. The Labute approximate surface area is 149 Å². The van der Waals surface area contributed by atoms with Gasteiger partial charge >= 0.3 is 0 Å². The second-order valence-electron chi connectivity index (χ2n) is 5.47. The van der Waals surface area contributed by atoms with Crippen molar-refractivity contribution in [2.45, 2.75) is 12.1 Å². The number of hydrogen-bond acceptors (Lipinski definition) is 5. The number of anilines is 1. The molecule has 0 saturated heterocycles. The van der Waals surface area contributed by atoms with Crippen molar-refractivity contribution in [3.05, 3.63) is 42.0 Å². The molecule has 0 aliphatic carbocycles. The maximum atomic E-state index is 12.2. The van der Waals surface area contributed by atoms with Crippen molar-refractivity contribution in [1.82, 2.24) is 9.97 Å². The van der Waals surface area contributed by atoms with Crippen molar-refractivity contribution in [2.75, 3.05) is 25.3 Å². The summed E-state index contributed by atoms with van der Waals surface area (Å²) in [4.78, 5) is 19.9. The van der Waals surface area contributed by atoms with E-state index in [1.54, 1.807) is 32.4 Å². The number of aromatic amines is 1. The molecule has 0 aliphatic rings. The van der Waals surface area contributed by atoms with Crippen LogP contribution in [0.2, 0.25) is 0 Å². The minimum Gasteiger partial charge on any atom is -0.493 e. The number of amides is 1. The van der Waals surface area contributed by atoms with Gasteiger partial charge in [-0.15, -0.1) is 0 Å². The van der Waals surface area contributed by atoms with Gasteiger partial charge in [0.2, 0.25) is 5.91 Å². The third kappa shape index (κ3) is 4.06. The number of thioether (sulfide) groups is 1. The molecule has 0 fully saturated rings. The summed E-state index contributed by atoms with van der Waals surface area (Å²) in [5.41, 5.74) is 3.69. The van der Waals surface area contributed by atoms with E-state index in [0.717, 1.165) is 16.2 Å². The Morgan fingerprint density at radius 1 is 1.16 bits per heavy atom. The number of fused-ring (bicyclic) bond motifs is 1. The molecule has 130 valence electrons. The summed E-state index contributed by atoms with van der Waals surface area (Å²) in [5.74, 6) is 1.33.